The summed E-state index contributed by atoms with van der Waals surface area (Å²) in [5.74, 6) is 1.04. The van der Waals surface area contributed by atoms with Gasteiger partial charge < -0.3 is 4.42 Å². The molecule has 1 aliphatic heterocycles. The zero-order valence-corrected chi connectivity index (χ0v) is 16.2. The number of para-hydroxylation sites is 1. The predicted molar refractivity (Wildman–Crippen MR) is 109 cm³/mol. The highest BCUT2D eigenvalue weighted by Gasteiger charge is 2.18. The Kier molecular flexibility index (Phi) is 6.64. The van der Waals surface area contributed by atoms with Crippen LogP contribution in [0.5, 0.6) is 0 Å². The molecule has 0 saturated carbocycles. The Morgan fingerprint density at radius 1 is 0.889 bits per heavy atom. The summed E-state index contributed by atoms with van der Waals surface area (Å²) in [6.45, 7) is 10.0. The molecule has 140 valence electrons. The maximum Gasteiger partial charge on any atom is 0.134 e. The average Bonchev–Trinajstić information content (AvgIpc) is 3.14. The zero-order valence-electron chi connectivity index (χ0n) is 16.2. The van der Waals surface area contributed by atoms with Gasteiger partial charge in [0, 0.05) is 38.1 Å². The lowest BCUT2D eigenvalue weighted by molar-refractivity contribution is 0.116. The second-order valence-electron chi connectivity index (χ2n) is 6.61. The summed E-state index contributed by atoms with van der Waals surface area (Å²) in [6, 6.07) is 20.4. The van der Waals surface area contributed by atoms with Crippen molar-refractivity contribution in [1.82, 2.24) is 9.80 Å². The van der Waals surface area contributed by atoms with Crippen molar-refractivity contribution in [3.8, 4) is 6.07 Å². The molecule has 4 nitrogen and oxygen atoms in total. The van der Waals surface area contributed by atoms with Gasteiger partial charge in [-0.25, -0.2) is 0 Å². The predicted octanol–water partition coefficient (Wildman–Crippen LogP) is 4.65. The molecule has 2 aromatic carbocycles. The van der Waals surface area contributed by atoms with Crippen LogP contribution < -0.4 is 0 Å². The number of piperazine rings is 1. The number of rotatable bonds is 4. The molecule has 1 saturated heterocycles. The Morgan fingerprint density at radius 2 is 1.52 bits per heavy atom. The van der Waals surface area contributed by atoms with Gasteiger partial charge in [-0.1, -0.05) is 44.2 Å². The Bertz CT molecular complexity index is 851. The van der Waals surface area contributed by atoms with Crippen molar-refractivity contribution in [3.63, 3.8) is 0 Å². The summed E-state index contributed by atoms with van der Waals surface area (Å²) in [7, 11) is 0. The Labute approximate surface area is 161 Å². The highest BCUT2D eigenvalue weighted by Crippen LogP contribution is 2.20. The van der Waals surface area contributed by atoms with Crippen LogP contribution in [-0.2, 0) is 13.1 Å². The first-order valence-electron chi connectivity index (χ1n) is 9.71. The third kappa shape index (κ3) is 4.97. The van der Waals surface area contributed by atoms with Crippen LogP contribution in [0.2, 0.25) is 0 Å². The van der Waals surface area contributed by atoms with Gasteiger partial charge in [-0.3, -0.25) is 9.80 Å². The van der Waals surface area contributed by atoms with E-state index in [9.17, 15) is 0 Å². The third-order valence-corrected chi connectivity index (χ3v) is 4.81. The van der Waals surface area contributed by atoms with Gasteiger partial charge in [-0.15, -0.1) is 0 Å². The normalized spacial score (nSPS) is 15.1. The number of nitrogens with zero attached hydrogens (tertiary/aromatic N) is 3. The fourth-order valence-electron chi connectivity index (χ4n) is 3.38. The van der Waals surface area contributed by atoms with Gasteiger partial charge in [-0.2, -0.15) is 5.26 Å². The van der Waals surface area contributed by atoms with E-state index in [0.29, 0.717) is 0 Å². The Morgan fingerprint density at radius 3 is 2.15 bits per heavy atom. The van der Waals surface area contributed by atoms with Crippen molar-refractivity contribution in [2.45, 2.75) is 26.9 Å². The highest BCUT2D eigenvalue weighted by molar-refractivity contribution is 5.77. The van der Waals surface area contributed by atoms with Crippen molar-refractivity contribution >= 4 is 11.0 Å². The van der Waals surface area contributed by atoms with Crippen molar-refractivity contribution in [2.75, 3.05) is 26.2 Å². The van der Waals surface area contributed by atoms with Crippen LogP contribution in [-0.4, -0.2) is 36.0 Å². The average molecular weight is 361 g/mol. The molecule has 0 amide bonds. The molecule has 0 spiro atoms. The fourth-order valence-corrected chi connectivity index (χ4v) is 3.38. The Hall–Kier alpha value is -2.61. The van der Waals surface area contributed by atoms with Crippen LogP contribution in [0.1, 0.15) is 30.7 Å². The minimum atomic E-state index is 0.722. The summed E-state index contributed by atoms with van der Waals surface area (Å²) in [5, 5.41) is 10.1. The zero-order chi connectivity index (χ0) is 19.1. The van der Waals surface area contributed by atoms with Crippen LogP contribution in [0, 0.1) is 11.3 Å². The summed E-state index contributed by atoms with van der Waals surface area (Å²) >= 11 is 0. The van der Waals surface area contributed by atoms with Crippen LogP contribution in [0.25, 0.3) is 11.0 Å². The van der Waals surface area contributed by atoms with E-state index in [-0.39, 0.29) is 0 Å². The molecule has 27 heavy (non-hydrogen) atoms. The van der Waals surface area contributed by atoms with E-state index in [4.69, 9.17) is 9.68 Å². The van der Waals surface area contributed by atoms with Crippen molar-refractivity contribution in [2.24, 2.45) is 0 Å². The first-order chi connectivity index (χ1) is 13.3. The van der Waals surface area contributed by atoms with E-state index in [0.717, 1.165) is 56.2 Å². The largest absolute Gasteiger partial charge is 0.460 e. The van der Waals surface area contributed by atoms with Crippen LogP contribution >= 0.6 is 0 Å². The minimum absolute atomic E-state index is 0.722. The molecule has 2 heterocycles. The number of benzene rings is 2. The minimum Gasteiger partial charge on any atom is -0.460 e. The first-order valence-corrected chi connectivity index (χ1v) is 9.71. The van der Waals surface area contributed by atoms with Crippen molar-refractivity contribution in [3.05, 3.63) is 71.5 Å². The van der Waals surface area contributed by atoms with E-state index in [1.54, 1.807) is 0 Å². The smallest absolute Gasteiger partial charge is 0.134 e. The maximum atomic E-state index is 8.87. The van der Waals surface area contributed by atoms with E-state index in [1.165, 1.54) is 10.9 Å². The lowest BCUT2D eigenvalue weighted by Gasteiger charge is -2.34. The topological polar surface area (TPSA) is 43.4 Å². The summed E-state index contributed by atoms with van der Waals surface area (Å²) in [5.41, 5.74) is 2.96. The molecule has 4 heteroatoms. The standard InChI is InChI=1S/C21H21N3O.C2H6/c22-14-17-5-7-18(8-6-17)15-23-9-11-24(12-10-23)16-20-13-19-3-1-2-4-21(19)25-20;1-2/h1-8,13H,9-12,15-16H2;1-2H3. The summed E-state index contributed by atoms with van der Waals surface area (Å²) in [6.07, 6.45) is 0. The van der Waals surface area contributed by atoms with E-state index in [1.807, 2.05) is 44.2 Å². The molecule has 0 radical (unpaired) electrons. The van der Waals surface area contributed by atoms with Crippen LogP contribution in [0.15, 0.2) is 59.0 Å². The van der Waals surface area contributed by atoms with E-state index < -0.39 is 0 Å². The van der Waals surface area contributed by atoms with E-state index >= 15 is 0 Å². The number of hydrogen-bond donors (Lipinski definition) is 0. The van der Waals surface area contributed by atoms with Gasteiger partial charge in [0.15, 0.2) is 0 Å². The monoisotopic (exact) mass is 361 g/mol. The number of furan rings is 1. The molecule has 0 unspecified atom stereocenters. The summed E-state index contributed by atoms with van der Waals surface area (Å²) < 4.78 is 5.93. The molecule has 3 aromatic rings. The van der Waals surface area contributed by atoms with Crippen LogP contribution in [0.4, 0.5) is 0 Å². The molecule has 1 aromatic heterocycles. The third-order valence-electron chi connectivity index (χ3n) is 4.81. The van der Waals surface area contributed by atoms with Gasteiger partial charge in [0.2, 0.25) is 0 Å². The van der Waals surface area contributed by atoms with Gasteiger partial charge in [0.05, 0.1) is 18.2 Å². The van der Waals surface area contributed by atoms with E-state index in [2.05, 4.69) is 40.1 Å². The van der Waals surface area contributed by atoms with Crippen LogP contribution in [0.3, 0.4) is 0 Å². The molecule has 0 aliphatic carbocycles. The molecule has 0 N–H and O–H groups in total. The maximum absolute atomic E-state index is 8.87. The number of nitriles is 1. The summed E-state index contributed by atoms with van der Waals surface area (Å²) in [4.78, 5) is 4.92. The molecule has 0 atom stereocenters. The second kappa shape index (κ2) is 9.36. The number of hydrogen-bond acceptors (Lipinski definition) is 4. The molecule has 1 aliphatic rings. The molecule has 4 rings (SSSR count). The lowest BCUT2D eigenvalue weighted by atomic mass is 10.1. The van der Waals surface area contributed by atoms with Gasteiger partial charge >= 0.3 is 0 Å². The highest BCUT2D eigenvalue weighted by atomic mass is 16.3. The number of fused-ring (bicyclic) bond motifs is 1. The van der Waals surface area contributed by atoms with Gasteiger partial charge in [-0.05, 0) is 29.8 Å². The molecule has 0 bridgehead atoms. The molecular formula is C23H27N3O. The van der Waals surface area contributed by atoms with Gasteiger partial charge in [0.25, 0.3) is 0 Å². The quantitative estimate of drug-likeness (QED) is 0.678. The lowest BCUT2D eigenvalue weighted by Crippen LogP contribution is -2.45. The van der Waals surface area contributed by atoms with Crippen molar-refractivity contribution in [1.29, 1.82) is 5.26 Å². The fraction of sp³-hybridized carbons (Fsp3) is 0.348. The Balaban J connectivity index is 0.00000102. The molecular weight excluding hydrogens is 334 g/mol. The SMILES string of the molecule is CC.N#Cc1ccc(CN2CCN(Cc3cc4ccccc4o3)CC2)cc1. The van der Waals surface area contributed by atoms with Gasteiger partial charge in [0.1, 0.15) is 11.3 Å². The first kappa shape index (κ1) is 19.2. The molecule has 1 fully saturated rings. The second-order valence-corrected chi connectivity index (χ2v) is 6.61. The van der Waals surface area contributed by atoms with Crippen molar-refractivity contribution < 1.29 is 4.42 Å².